The molecule has 1 unspecified atom stereocenters. The molecule has 0 spiro atoms. The maximum atomic E-state index is 13.4. The molecular weight excluding hydrogens is 440 g/mol. The van der Waals surface area contributed by atoms with Crippen molar-refractivity contribution < 1.29 is 9.13 Å². The molecule has 0 saturated carbocycles. The second-order valence-electron chi connectivity index (χ2n) is 5.52. The lowest BCUT2D eigenvalue weighted by Gasteiger charge is -2.21. The van der Waals surface area contributed by atoms with Gasteiger partial charge in [0.15, 0.2) is 5.96 Å². The van der Waals surface area contributed by atoms with E-state index in [-0.39, 0.29) is 41.4 Å². The van der Waals surface area contributed by atoms with Crippen LogP contribution < -0.4 is 15.8 Å². The molecule has 1 aliphatic rings. The number of nitrogens with one attached hydrogen (secondary N) is 1. The minimum Gasteiger partial charge on any atom is -0.491 e. The molecule has 0 radical (unpaired) electrons. The van der Waals surface area contributed by atoms with Crippen LogP contribution in [0.4, 0.5) is 4.39 Å². The van der Waals surface area contributed by atoms with Gasteiger partial charge < -0.3 is 15.8 Å². The molecule has 2 rings (SSSR count). The average molecular weight is 458 g/mol. The van der Waals surface area contributed by atoms with Crippen molar-refractivity contribution in [3.8, 4) is 5.75 Å². The summed E-state index contributed by atoms with van der Waals surface area (Å²) in [6.07, 6.45) is 0. The predicted molar refractivity (Wildman–Crippen MR) is 92.3 cm³/mol. The van der Waals surface area contributed by atoms with Crippen LogP contribution in [0, 0.1) is 5.82 Å². The first-order valence-corrected chi connectivity index (χ1v) is 6.79. The fourth-order valence-electron chi connectivity index (χ4n) is 1.88. The van der Waals surface area contributed by atoms with Gasteiger partial charge in [-0.05, 0) is 42.8 Å². The summed E-state index contributed by atoms with van der Waals surface area (Å²) >= 11 is 3.17. The van der Waals surface area contributed by atoms with E-state index in [4.69, 9.17) is 10.5 Å². The molecule has 112 valence electrons. The van der Waals surface area contributed by atoms with Crippen molar-refractivity contribution in [2.45, 2.75) is 32.4 Å². The number of fused-ring (bicyclic) bond motifs is 1. The number of ether oxygens (including phenoxy) is 1. The van der Waals surface area contributed by atoms with Gasteiger partial charge in [-0.3, -0.25) is 0 Å². The van der Waals surface area contributed by atoms with Crippen LogP contribution in [0.25, 0.3) is 0 Å². The highest BCUT2D eigenvalue weighted by Gasteiger charge is 2.26. The highest BCUT2D eigenvalue weighted by atomic mass is 127. The molecule has 0 aromatic heterocycles. The Hall–Kier alpha value is -0.570. The molecule has 0 saturated heterocycles. The van der Waals surface area contributed by atoms with E-state index in [1.54, 1.807) is 6.07 Å². The van der Waals surface area contributed by atoms with Gasteiger partial charge in [0.2, 0.25) is 0 Å². The van der Waals surface area contributed by atoms with Gasteiger partial charge in [0.05, 0.1) is 4.47 Å². The summed E-state index contributed by atoms with van der Waals surface area (Å²) in [5.74, 6) is 0.538. The molecule has 1 aromatic rings. The van der Waals surface area contributed by atoms with Crippen molar-refractivity contribution >= 4 is 45.9 Å². The smallest absolute Gasteiger partial charge is 0.189 e. The average Bonchev–Trinajstić information content (AvgIpc) is 2.59. The SMILES string of the molecule is CC(C)(C)NC(N)=NC1COc2cc(F)c(Br)cc21.I. The van der Waals surface area contributed by atoms with Gasteiger partial charge in [0.1, 0.15) is 24.2 Å². The Morgan fingerprint density at radius 1 is 1.50 bits per heavy atom. The fourth-order valence-corrected chi connectivity index (χ4v) is 2.24. The van der Waals surface area contributed by atoms with Crippen molar-refractivity contribution in [3.63, 3.8) is 0 Å². The molecule has 0 aliphatic carbocycles. The number of hydrogen-bond acceptors (Lipinski definition) is 2. The lowest BCUT2D eigenvalue weighted by molar-refractivity contribution is 0.332. The van der Waals surface area contributed by atoms with Crippen LogP contribution >= 0.6 is 39.9 Å². The van der Waals surface area contributed by atoms with Crippen molar-refractivity contribution in [1.82, 2.24) is 5.32 Å². The number of halogens is 3. The minimum absolute atomic E-state index is 0. The van der Waals surface area contributed by atoms with Gasteiger partial charge in [-0.1, -0.05) is 0 Å². The lowest BCUT2D eigenvalue weighted by Crippen LogP contribution is -2.45. The molecule has 1 atom stereocenters. The van der Waals surface area contributed by atoms with E-state index in [0.717, 1.165) is 5.56 Å². The first-order chi connectivity index (χ1) is 8.76. The predicted octanol–water partition coefficient (Wildman–Crippen LogP) is 3.34. The van der Waals surface area contributed by atoms with Crippen LogP contribution in [-0.4, -0.2) is 18.1 Å². The number of nitrogens with zero attached hydrogens (tertiary/aromatic N) is 1. The third-order valence-electron chi connectivity index (χ3n) is 2.61. The Kier molecular flexibility index (Phi) is 5.65. The molecule has 20 heavy (non-hydrogen) atoms. The Bertz CT molecular complexity index is 531. The van der Waals surface area contributed by atoms with Gasteiger partial charge in [-0.15, -0.1) is 24.0 Å². The molecule has 0 bridgehead atoms. The van der Waals surface area contributed by atoms with Crippen LogP contribution in [0.1, 0.15) is 32.4 Å². The van der Waals surface area contributed by atoms with E-state index in [9.17, 15) is 4.39 Å². The summed E-state index contributed by atoms with van der Waals surface area (Å²) in [6.45, 7) is 6.37. The molecule has 0 fully saturated rings. The van der Waals surface area contributed by atoms with Gasteiger partial charge >= 0.3 is 0 Å². The largest absolute Gasteiger partial charge is 0.491 e. The van der Waals surface area contributed by atoms with Crippen LogP contribution in [0.5, 0.6) is 5.75 Å². The summed E-state index contributed by atoms with van der Waals surface area (Å²) < 4.78 is 19.2. The fraction of sp³-hybridized carbons (Fsp3) is 0.462. The van der Waals surface area contributed by atoms with Crippen molar-refractivity contribution in [3.05, 3.63) is 28.0 Å². The van der Waals surface area contributed by atoms with E-state index in [1.165, 1.54) is 6.07 Å². The normalized spacial score (nSPS) is 18.1. The number of nitrogens with two attached hydrogens (primary N) is 1. The third kappa shape index (κ3) is 4.21. The van der Waals surface area contributed by atoms with E-state index >= 15 is 0 Å². The minimum atomic E-state index is -0.343. The molecular formula is C13H18BrFIN3O. The van der Waals surface area contributed by atoms with E-state index in [1.807, 2.05) is 20.8 Å². The molecule has 4 nitrogen and oxygen atoms in total. The Morgan fingerprint density at radius 2 is 2.15 bits per heavy atom. The second kappa shape index (κ2) is 6.46. The number of hydrogen-bond donors (Lipinski definition) is 2. The highest BCUT2D eigenvalue weighted by molar-refractivity contribution is 14.0. The second-order valence-corrected chi connectivity index (χ2v) is 6.37. The van der Waals surface area contributed by atoms with Crippen LogP contribution in [0.2, 0.25) is 0 Å². The molecule has 1 heterocycles. The standard InChI is InChI=1S/C13H17BrFN3O.HI/c1-13(2,3)18-12(16)17-10-6-19-11-5-9(15)8(14)4-7(10)11;/h4-5,10H,6H2,1-3H3,(H3,16,17,18);1H. The molecule has 1 aliphatic heterocycles. The number of benzene rings is 1. The van der Waals surface area contributed by atoms with E-state index < -0.39 is 0 Å². The van der Waals surface area contributed by atoms with Gasteiger partial charge in [0.25, 0.3) is 0 Å². The van der Waals surface area contributed by atoms with E-state index in [2.05, 4.69) is 26.2 Å². The Morgan fingerprint density at radius 3 is 2.75 bits per heavy atom. The van der Waals surface area contributed by atoms with Crippen molar-refractivity contribution in [1.29, 1.82) is 0 Å². The topological polar surface area (TPSA) is 59.6 Å². The molecule has 7 heteroatoms. The van der Waals surface area contributed by atoms with Gasteiger partial charge in [-0.25, -0.2) is 9.38 Å². The maximum absolute atomic E-state index is 13.4. The zero-order valence-electron chi connectivity index (χ0n) is 11.5. The number of guanidine groups is 1. The maximum Gasteiger partial charge on any atom is 0.189 e. The van der Waals surface area contributed by atoms with Crippen molar-refractivity contribution in [2.24, 2.45) is 10.7 Å². The molecule has 1 aromatic carbocycles. The summed E-state index contributed by atoms with van der Waals surface area (Å²) in [6, 6.07) is 2.85. The molecule has 0 amide bonds. The first-order valence-electron chi connectivity index (χ1n) is 5.99. The van der Waals surface area contributed by atoms with Crippen LogP contribution in [0.3, 0.4) is 0 Å². The monoisotopic (exact) mass is 457 g/mol. The quantitative estimate of drug-likeness (QED) is 0.386. The Balaban J connectivity index is 0.00000200. The zero-order valence-corrected chi connectivity index (χ0v) is 15.5. The van der Waals surface area contributed by atoms with Crippen molar-refractivity contribution in [2.75, 3.05) is 6.61 Å². The van der Waals surface area contributed by atoms with Crippen LogP contribution in [0.15, 0.2) is 21.6 Å². The lowest BCUT2D eigenvalue weighted by atomic mass is 10.1. The Labute approximate surface area is 143 Å². The zero-order chi connectivity index (χ0) is 14.2. The first kappa shape index (κ1) is 17.5. The number of aliphatic imine (C=N–C) groups is 1. The van der Waals surface area contributed by atoms with Crippen LogP contribution in [-0.2, 0) is 0 Å². The summed E-state index contributed by atoms with van der Waals surface area (Å²) in [5.41, 5.74) is 6.55. The molecule has 3 N–H and O–H groups in total. The van der Waals surface area contributed by atoms with Gasteiger partial charge in [0, 0.05) is 17.2 Å². The summed E-state index contributed by atoms with van der Waals surface area (Å²) in [7, 11) is 0. The number of rotatable bonds is 1. The summed E-state index contributed by atoms with van der Waals surface area (Å²) in [4.78, 5) is 4.39. The highest BCUT2D eigenvalue weighted by Crippen LogP contribution is 2.37. The third-order valence-corrected chi connectivity index (χ3v) is 3.21. The van der Waals surface area contributed by atoms with E-state index in [0.29, 0.717) is 22.8 Å². The summed E-state index contributed by atoms with van der Waals surface area (Å²) in [5, 5.41) is 3.09. The van der Waals surface area contributed by atoms with Gasteiger partial charge in [-0.2, -0.15) is 0 Å².